The van der Waals surface area contributed by atoms with Crippen LogP contribution in [0.25, 0.3) is 0 Å². The van der Waals surface area contributed by atoms with E-state index in [-0.39, 0.29) is 29.3 Å². The molecule has 1 N–H and O–H groups in total. The monoisotopic (exact) mass is 725 g/mol. The summed E-state index contributed by atoms with van der Waals surface area (Å²) in [5.74, 6) is -0.394. The van der Waals surface area contributed by atoms with Gasteiger partial charge in [-0.1, -0.05) is 77.3 Å². The lowest BCUT2D eigenvalue weighted by molar-refractivity contribution is -0.140. The zero-order valence-electron chi connectivity index (χ0n) is 28.4. The van der Waals surface area contributed by atoms with Gasteiger partial charge in [0.25, 0.3) is 10.0 Å². The van der Waals surface area contributed by atoms with E-state index in [1.54, 1.807) is 36.4 Å². The van der Waals surface area contributed by atoms with Gasteiger partial charge >= 0.3 is 0 Å². The van der Waals surface area contributed by atoms with E-state index < -0.39 is 40.0 Å². The minimum absolute atomic E-state index is 0.0145. The van der Waals surface area contributed by atoms with E-state index in [4.69, 9.17) is 32.7 Å². The van der Waals surface area contributed by atoms with Gasteiger partial charge in [0.2, 0.25) is 11.8 Å². The van der Waals surface area contributed by atoms with Crippen LogP contribution in [-0.2, 0) is 32.6 Å². The second-order valence-electron chi connectivity index (χ2n) is 12.6. The van der Waals surface area contributed by atoms with Crippen molar-refractivity contribution in [2.24, 2.45) is 0 Å². The van der Waals surface area contributed by atoms with Gasteiger partial charge in [0, 0.05) is 34.6 Å². The van der Waals surface area contributed by atoms with Crippen molar-refractivity contribution in [2.45, 2.75) is 57.1 Å². The van der Waals surface area contributed by atoms with E-state index in [2.05, 4.69) is 5.32 Å². The van der Waals surface area contributed by atoms with Crippen LogP contribution in [0.1, 0.15) is 37.5 Å². The molecule has 2 amide bonds. The Bertz CT molecular complexity index is 1880. The number of benzene rings is 4. The van der Waals surface area contributed by atoms with Gasteiger partial charge in [-0.3, -0.25) is 13.9 Å². The Morgan fingerprint density at radius 2 is 1.51 bits per heavy atom. The Morgan fingerprint density at radius 3 is 2.10 bits per heavy atom. The molecular weight excluding hydrogens is 685 g/mol. The third kappa shape index (κ3) is 9.68. The molecule has 0 aliphatic carbocycles. The molecule has 0 radical (unpaired) electrons. The maximum Gasteiger partial charge on any atom is 0.264 e. The molecule has 0 saturated carbocycles. The van der Waals surface area contributed by atoms with E-state index in [1.807, 2.05) is 58.0 Å². The zero-order valence-corrected chi connectivity index (χ0v) is 30.7. The van der Waals surface area contributed by atoms with Gasteiger partial charge in [0.15, 0.2) is 11.5 Å². The highest BCUT2D eigenvalue weighted by Gasteiger charge is 2.36. The van der Waals surface area contributed by atoms with E-state index in [0.717, 1.165) is 15.4 Å². The Kier molecular flexibility index (Phi) is 12.2. The number of halogens is 2. The number of nitrogens with one attached hydrogen (secondary N) is 1. The molecule has 1 atom stereocenters. The molecule has 4 aromatic carbocycles. The summed E-state index contributed by atoms with van der Waals surface area (Å²) >= 11 is 12.8. The maximum absolute atomic E-state index is 14.7. The minimum Gasteiger partial charge on any atom is -0.493 e. The van der Waals surface area contributed by atoms with Crippen molar-refractivity contribution >= 4 is 50.7 Å². The van der Waals surface area contributed by atoms with Gasteiger partial charge in [0.05, 0.1) is 24.8 Å². The van der Waals surface area contributed by atoms with Gasteiger partial charge < -0.3 is 19.7 Å². The van der Waals surface area contributed by atoms with Crippen LogP contribution < -0.4 is 19.1 Å². The average molecular weight is 727 g/mol. The number of hydrogen-bond acceptors (Lipinski definition) is 6. The predicted octanol–water partition coefficient (Wildman–Crippen LogP) is 7.07. The molecule has 0 spiro atoms. The Morgan fingerprint density at radius 1 is 0.857 bits per heavy atom. The molecule has 49 heavy (non-hydrogen) atoms. The zero-order chi connectivity index (χ0) is 35.9. The van der Waals surface area contributed by atoms with Crippen LogP contribution in [0, 0.1) is 6.92 Å². The fraction of sp³-hybridized carbons (Fsp3) is 0.297. The molecule has 4 aromatic rings. The normalized spacial score (nSPS) is 12.2. The first-order valence-corrected chi connectivity index (χ1v) is 17.7. The number of nitrogens with zero attached hydrogens (tertiary/aromatic N) is 2. The van der Waals surface area contributed by atoms with Gasteiger partial charge in [-0.05, 0) is 75.2 Å². The fourth-order valence-electron chi connectivity index (χ4n) is 5.19. The van der Waals surface area contributed by atoms with Crippen LogP contribution in [0.5, 0.6) is 11.5 Å². The third-order valence-electron chi connectivity index (χ3n) is 7.67. The largest absolute Gasteiger partial charge is 0.493 e. The Hall–Kier alpha value is -4.25. The Labute approximate surface area is 298 Å². The van der Waals surface area contributed by atoms with Gasteiger partial charge in [-0.2, -0.15) is 0 Å². The van der Waals surface area contributed by atoms with Crippen LogP contribution in [0.4, 0.5) is 5.69 Å². The summed E-state index contributed by atoms with van der Waals surface area (Å²) in [5.41, 5.74) is 1.74. The maximum atomic E-state index is 14.7. The smallest absolute Gasteiger partial charge is 0.264 e. The van der Waals surface area contributed by atoms with Gasteiger partial charge in [-0.15, -0.1) is 0 Å². The van der Waals surface area contributed by atoms with E-state index in [1.165, 1.54) is 43.4 Å². The molecule has 12 heteroatoms. The summed E-state index contributed by atoms with van der Waals surface area (Å²) in [4.78, 5) is 30.2. The number of carbonyl (C=O) groups is 2. The first-order chi connectivity index (χ1) is 23.1. The number of rotatable bonds is 13. The molecule has 0 aliphatic heterocycles. The number of ether oxygens (including phenoxy) is 2. The highest BCUT2D eigenvalue weighted by molar-refractivity contribution is 7.92. The fourth-order valence-corrected chi connectivity index (χ4v) is 7.06. The highest BCUT2D eigenvalue weighted by Crippen LogP contribution is 2.34. The summed E-state index contributed by atoms with van der Waals surface area (Å²) in [6.07, 6.45) is 0.154. The lowest BCUT2D eigenvalue weighted by atomic mass is 10.0. The van der Waals surface area contributed by atoms with Crippen LogP contribution in [-0.4, -0.2) is 57.5 Å². The highest BCUT2D eigenvalue weighted by atomic mass is 35.5. The molecule has 0 bridgehead atoms. The predicted molar refractivity (Wildman–Crippen MR) is 194 cm³/mol. The molecule has 0 aliphatic rings. The first-order valence-electron chi connectivity index (χ1n) is 15.5. The van der Waals surface area contributed by atoms with E-state index in [0.29, 0.717) is 21.4 Å². The number of amides is 2. The quantitative estimate of drug-likeness (QED) is 0.158. The van der Waals surface area contributed by atoms with E-state index >= 15 is 0 Å². The molecule has 1 unspecified atom stereocenters. The Balaban J connectivity index is 1.88. The van der Waals surface area contributed by atoms with Gasteiger partial charge in [0.1, 0.15) is 12.6 Å². The van der Waals surface area contributed by atoms with Crippen molar-refractivity contribution in [3.8, 4) is 11.5 Å². The average Bonchev–Trinajstić information content (AvgIpc) is 3.05. The molecule has 0 fully saturated rings. The lowest BCUT2D eigenvalue weighted by Gasteiger charge is -2.35. The summed E-state index contributed by atoms with van der Waals surface area (Å²) in [6, 6.07) is 24.1. The summed E-state index contributed by atoms with van der Waals surface area (Å²) < 4.78 is 40.6. The molecule has 9 nitrogen and oxygen atoms in total. The number of aryl methyl sites for hydroxylation is 1. The molecule has 260 valence electrons. The number of carbonyl (C=O) groups excluding carboxylic acids is 2. The van der Waals surface area contributed by atoms with E-state index in [9.17, 15) is 18.0 Å². The summed E-state index contributed by atoms with van der Waals surface area (Å²) in [7, 11) is -1.41. The van der Waals surface area contributed by atoms with Crippen LogP contribution >= 0.6 is 23.2 Å². The molecule has 0 saturated heterocycles. The molecule has 0 heterocycles. The second kappa shape index (κ2) is 16.0. The SMILES string of the molecule is COc1ccc(N(CC(=O)N(Cc2ccc(Cl)cc2Cl)C(Cc2ccccc2)C(=O)NC(C)(C)C)S(=O)(=O)c2ccc(C)cc2)cc1OC. The van der Waals surface area contributed by atoms with Crippen LogP contribution in [0.15, 0.2) is 95.9 Å². The molecular formula is C37H41Cl2N3O6S. The second-order valence-corrected chi connectivity index (χ2v) is 15.3. The lowest BCUT2D eigenvalue weighted by Crippen LogP contribution is -2.56. The van der Waals surface area contributed by atoms with Crippen molar-refractivity contribution in [1.82, 2.24) is 10.2 Å². The first kappa shape index (κ1) is 37.6. The molecule has 4 rings (SSSR count). The van der Waals surface area contributed by atoms with Crippen LogP contribution in [0.2, 0.25) is 10.0 Å². The summed E-state index contributed by atoms with van der Waals surface area (Å²) in [5, 5.41) is 3.71. The number of anilines is 1. The standard InChI is InChI=1S/C37H41Cl2N3O6S/c1-25-12-17-30(18-13-25)49(45,46)42(29-16-19-33(47-5)34(22-29)48-6)24-35(43)41(23-27-14-15-28(38)21-31(27)39)32(36(44)40-37(2,3)4)20-26-10-8-7-9-11-26/h7-19,21-22,32H,20,23-24H2,1-6H3,(H,40,44). The number of sulfonamides is 1. The van der Waals surface area contributed by atoms with Crippen molar-refractivity contribution in [1.29, 1.82) is 0 Å². The van der Waals surface area contributed by atoms with Crippen molar-refractivity contribution in [2.75, 3.05) is 25.1 Å². The number of hydrogen-bond donors (Lipinski definition) is 1. The topological polar surface area (TPSA) is 105 Å². The molecule has 0 aromatic heterocycles. The number of methoxy groups -OCH3 is 2. The van der Waals surface area contributed by atoms with Crippen molar-refractivity contribution in [3.05, 3.63) is 118 Å². The van der Waals surface area contributed by atoms with Crippen molar-refractivity contribution < 1.29 is 27.5 Å². The van der Waals surface area contributed by atoms with Gasteiger partial charge in [-0.25, -0.2) is 8.42 Å². The minimum atomic E-state index is -4.32. The van der Waals surface area contributed by atoms with Crippen LogP contribution in [0.3, 0.4) is 0 Å². The third-order valence-corrected chi connectivity index (χ3v) is 10.0. The summed E-state index contributed by atoms with van der Waals surface area (Å²) in [6.45, 7) is 6.64. The van der Waals surface area contributed by atoms with Crippen molar-refractivity contribution in [3.63, 3.8) is 0 Å².